The van der Waals surface area contributed by atoms with Crippen LogP contribution in [-0.2, 0) is 11.2 Å². The van der Waals surface area contributed by atoms with Gasteiger partial charge in [0.25, 0.3) is 0 Å². The molecule has 0 atom stereocenters. The van der Waals surface area contributed by atoms with Crippen LogP contribution in [0.1, 0.15) is 17.3 Å². The number of nitrogens with one attached hydrogen (secondary N) is 1. The number of oxazole rings is 1. The Morgan fingerprint density at radius 2 is 1.95 bits per heavy atom. The van der Waals surface area contributed by atoms with E-state index in [1.165, 1.54) is 6.07 Å². The van der Waals surface area contributed by atoms with Crippen LogP contribution in [0.5, 0.6) is 0 Å². The fourth-order valence-corrected chi connectivity index (χ4v) is 1.68. The summed E-state index contributed by atoms with van der Waals surface area (Å²) in [7, 11) is 0. The van der Waals surface area contributed by atoms with Crippen molar-refractivity contribution in [3.63, 3.8) is 0 Å². The Balaban J connectivity index is 2.12. The van der Waals surface area contributed by atoms with Crippen molar-refractivity contribution >= 4 is 11.6 Å². The average molecular weight is 266 g/mol. The maximum Gasteiger partial charge on any atom is 0.232 e. The van der Waals surface area contributed by atoms with Crippen molar-refractivity contribution in [2.75, 3.05) is 5.32 Å². The molecule has 2 rings (SSSR count). The molecule has 0 unspecified atom stereocenters. The number of anilines is 1. The third-order valence-corrected chi connectivity index (χ3v) is 2.55. The second-order valence-electron chi connectivity index (χ2n) is 4.06. The van der Waals surface area contributed by atoms with Gasteiger partial charge in [-0.05, 0) is 19.1 Å². The molecule has 1 heterocycles. The van der Waals surface area contributed by atoms with Gasteiger partial charge in [0.1, 0.15) is 23.1 Å². The van der Waals surface area contributed by atoms with Crippen LogP contribution in [0.15, 0.2) is 22.6 Å². The summed E-state index contributed by atoms with van der Waals surface area (Å²) in [6, 6.07) is 3.37. The molecule has 0 fully saturated rings. The van der Waals surface area contributed by atoms with Crippen molar-refractivity contribution in [3.05, 3.63) is 47.2 Å². The molecule has 1 N–H and O–H groups in total. The van der Waals surface area contributed by atoms with Gasteiger partial charge in [-0.25, -0.2) is 13.8 Å². The van der Waals surface area contributed by atoms with E-state index in [4.69, 9.17) is 4.42 Å². The molecule has 0 spiro atoms. The molecule has 0 bridgehead atoms. The first-order valence-electron chi connectivity index (χ1n) is 5.64. The number of para-hydroxylation sites is 1. The molecule has 6 heteroatoms. The van der Waals surface area contributed by atoms with Gasteiger partial charge in [0.2, 0.25) is 5.91 Å². The molecule has 0 radical (unpaired) electrons. The highest BCUT2D eigenvalue weighted by atomic mass is 19.1. The second kappa shape index (κ2) is 5.17. The van der Waals surface area contributed by atoms with E-state index in [0.717, 1.165) is 12.1 Å². The largest absolute Gasteiger partial charge is 0.445 e. The van der Waals surface area contributed by atoms with E-state index in [2.05, 4.69) is 10.3 Å². The lowest BCUT2D eigenvalue weighted by Crippen LogP contribution is -2.16. The Morgan fingerprint density at radius 3 is 2.47 bits per heavy atom. The molecule has 0 saturated heterocycles. The van der Waals surface area contributed by atoms with Gasteiger partial charge in [-0.3, -0.25) is 4.79 Å². The Kier molecular flexibility index (Phi) is 3.59. The van der Waals surface area contributed by atoms with Crippen molar-refractivity contribution in [2.24, 2.45) is 0 Å². The molecule has 2 aromatic rings. The van der Waals surface area contributed by atoms with Gasteiger partial charge in [0.05, 0.1) is 12.1 Å². The molecule has 0 aliphatic heterocycles. The minimum Gasteiger partial charge on any atom is -0.445 e. The second-order valence-corrected chi connectivity index (χ2v) is 4.06. The lowest BCUT2D eigenvalue weighted by atomic mass is 10.2. The fraction of sp³-hybridized carbons (Fsp3) is 0.231. The summed E-state index contributed by atoms with van der Waals surface area (Å²) in [6.07, 6.45) is -0.125. The van der Waals surface area contributed by atoms with Crippen LogP contribution >= 0.6 is 0 Å². The summed E-state index contributed by atoms with van der Waals surface area (Å²) < 4.78 is 31.9. The summed E-state index contributed by atoms with van der Waals surface area (Å²) in [5.74, 6) is -1.38. The Morgan fingerprint density at radius 1 is 1.32 bits per heavy atom. The van der Waals surface area contributed by atoms with E-state index in [0.29, 0.717) is 17.3 Å². The molecule has 100 valence electrons. The third-order valence-electron chi connectivity index (χ3n) is 2.55. The zero-order chi connectivity index (χ0) is 14.0. The molecule has 4 nitrogen and oxygen atoms in total. The molecule has 1 amide bonds. The predicted octanol–water partition coefficient (Wildman–Crippen LogP) is 2.75. The van der Waals surface area contributed by atoms with Gasteiger partial charge in [-0.2, -0.15) is 0 Å². The number of hydrogen-bond donors (Lipinski definition) is 1. The van der Waals surface area contributed by atoms with E-state index < -0.39 is 23.2 Å². The molecule has 19 heavy (non-hydrogen) atoms. The number of carbonyl (C=O) groups excluding carboxylic acids is 1. The van der Waals surface area contributed by atoms with Gasteiger partial charge in [0, 0.05) is 6.92 Å². The minimum atomic E-state index is -0.821. The van der Waals surface area contributed by atoms with Crippen LogP contribution in [0.25, 0.3) is 0 Å². The zero-order valence-electron chi connectivity index (χ0n) is 10.5. The monoisotopic (exact) mass is 266 g/mol. The fourth-order valence-electron chi connectivity index (χ4n) is 1.68. The number of nitrogens with zero attached hydrogens (tertiary/aromatic N) is 1. The van der Waals surface area contributed by atoms with Crippen molar-refractivity contribution in [2.45, 2.75) is 20.3 Å². The summed E-state index contributed by atoms with van der Waals surface area (Å²) >= 11 is 0. The Hall–Kier alpha value is -2.24. The summed E-state index contributed by atoms with van der Waals surface area (Å²) in [5, 5.41) is 2.19. The first-order chi connectivity index (χ1) is 8.97. The maximum absolute atomic E-state index is 13.3. The Labute approximate surface area is 108 Å². The number of rotatable bonds is 3. The highest BCUT2D eigenvalue weighted by Crippen LogP contribution is 2.18. The SMILES string of the molecule is Cc1nc(C)c(CC(=O)Nc2c(F)cccc2F)o1. The molecule has 0 aliphatic rings. The van der Waals surface area contributed by atoms with Crippen molar-refractivity contribution < 1.29 is 18.0 Å². The van der Waals surface area contributed by atoms with Crippen LogP contribution in [0, 0.1) is 25.5 Å². The van der Waals surface area contributed by atoms with E-state index in [9.17, 15) is 13.6 Å². The van der Waals surface area contributed by atoms with Crippen molar-refractivity contribution in [1.29, 1.82) is 0 Å². The highest BCUT2D eigenvalue weighted by molar-refractivity contribution is 5.92. The van der Waals surface area contributed by atoms with Gasteiger partial charge in [-0.1, -0.05) is 6.07 Å². The van der Waals surface area contributed by atoms with E-state index in [1.807, 2.05) is 0 Å². The number of benzene rings is 1. The zero-order valence-corrected chi connectivity index (χ0v) is 10.5. The van der Waals surface area contributed by atoms with Crippen LogP contribution < -0.4 is 5.32 Å². The van der Waals surface area contributed by atoms with Gasteiger partial charge in [0.15, 0.2) is 5.89 Å². The van der Waals surface area contributed by atoms with Gasteiger partial charge >= 0.3 is 0 Å². The minimum absolute atomic E-state index is 0.125. The first-order valence-corrected chi connectivity index (χ1v) is 5.64. The molecule has 1 aromatic heterocycles. The van der Waals surface area contributed by atoms with E-state index in [-0.39, 0.29) is 6.42 Å². The van der Waals surface area contributed by atoms with Crippen LogP contribution in [0.3, 0.4) is 0 Å². The number of aryl methyl sites for hydroxylation is 2. The average Bonchev–Trinajstić information content (AvgIpc) is 2.63. The molecule has 1 aromatic carbocycles. The number of hydrogen-bond acceptors (Lipinski definition) is 3. The summed E-state index contributed by atoms with van der Waals surface area (Å²) in [4.78, 5) is 15.7. The van der Waals surface area contributed by atoms with Crippen LogP contribution in [-0.4, -0.2) is 10.9 Å². The van der Waals surface area contributed by atoms with Crippen molar-refractivity contribution in [1.82, 2.24) is 4.98 Å². The van der Waals surface area contributed by atoms with Gasteiger partial charge < -0.3 is 9.73 Å². The standard InChI is InChI=1S/C13H12F2N2O2/c1-7-11(19-8(2)16-7)6-12(18)17-13-9(14)4-3-5-10(13)15/h3-5H,6H2,1-2H3,(H,17,18). The molecular weight excluding hydrogens is 254 g/mol. The maximum atomic E-state index is 13.3. The van der Waals surface area contributed by atoms with Crippen LogP contribution in [0.4, 0.5) is 14.5 Å². The summed E-state index contributed by atoms with van der Waals surface area (Å²) in [5.41, 5.74) is 0.128. The number of aromatic nitrogens is 1. The van der Waals surface area contributed by atoms with E-state index >= 15 is 0 Å². The van der Waals surface area contributed by atoms with Crippen molar-refractivity contribution in [3.8, 4) is 0 Å². The number of amides is 1. The Bertz CT molecular complexity index is 603. The predicted molar refractivity (Wildman–Crippen MR) is 64.7 cm³/mol. The summed E-state index contributed by atoms with van der Waals surface area (Å²) in [6.45, 7) is 3.35. The quantitative estimate of drug-likeness (QED) is 0.929. The molecular formula is C13H12F2N2O2. The van der Waals surface area contributed by atoms with Gasteiger partial charge in [-0.15, -0.1) is 0 Å². The van der Waals surface area contributed by atoms with E-state index in [1.54, 1.807) is 13.8 Å². The topological polar surface area (TPSA) is 55.1 Å². The number of carbonyl (C=O) groups is 1. The highest BCUT2D eigenvalue weighted by Gasteiger charge is 2.15. The molecule has 0 aliphatic carbocycles. The smallest absolute Gasteiger partial charge is 0.232 e. The molecule has 0 saturated carbocycles. The normalized spacial score (nSPS) is 10.5. The lowest BCUT2D eigenvalue weighted by Gasteiger charge is -2.06. The first kappa shape index (κ1) is 13.2. The van der Waals surface area contributed by atoms with Crippen LogP contribution in [0.2, 0.25) is 0 Å². The third kappa shape index (κ3) is 2.96. The lowest BCUT2D eigenvalue weighted by molar-refractivity contribution is -0.115. The number of halogens is 2.